The molecular formula is C14H17NO. The predicted molar refractivity (Wildman–Crippen MR) is 65.4 cm³/mol. The fraction of sp³-hybridized carbons (Fsp3) is 0.429. The van der Waals surface area contributed by atoms with Crippen LogP contribution in [0.4, 0.5) is 0 Å². The van der Waals surface area contributed by atoms with Crippen LogP contribution >= 0.6 is 0 Å². The molecule has 0 saturated carbocycles. The SMILES string of the molecule is CC(C)(N)C#Cc1ccc2c(c1)CCCO2. The Kier molecular flexibility index (Phi) is 2.89. The van der Waals surface area contributed by atoms with E-state index in [9.17, 15) is 0 Å². The summed E-state index contributed by atoms with van der Waals surface area (Å²) in [5.41, 5.74) is 7.66. The van der Waals surface area contributed by atoms with Crippen LogP contribution in [0.2, 0.25) is 0 Å². The summed E-state index contributed by atoms with van der Waals surface area (Å²) in [4.78, 5) is 0. The summed E-state index contributed by atoms with van der Waals surface area (Å²) in [6, 6.07) is 6.10. The number of hydrogen-bond acceptors (Lipinski definition) is 2. The lowest BCUT2D eigenvalue weighted by Crippen LogP contribution is -2.29. The van der Waals surface area contributed by atoms with E-state index in [0.717, 1.165) is 30.8 Å². The van der Waals surface area contributed by atoms with E-state index in [1.807, 2.05) is 26.0 Å². The molecule has 0 amide bonds. The summed E-state index contributed by atoms with van der Waals surface area (Å²) in [6.07, 6.45) is 2.17. The van der Waals surface area contributed by atoms with Crippen LogP contribution in [0.3, 0.4) is 0 Å². The highest BCUT2D eigenvalue weighted by Crippen LogP contribution is 2.25. The van der Waals surface area contributed by atoms with E-state index in [2.05, 4.69) is 17.9 Å². The zero-order chi connectivity index (χ0) is 11.6. The van der Waals surface area contributed by atoms with Gasteiger partial charge < -0.3 is 10.5 Å². The molecule has 0 spiro atoms. The maximum Gasteiger partial charge on any atom is 0.122 e. The van der Waals surface area contributed by atoms with Crippen molar-refractivity contribution < 1.29 is 4.74 Å². The van der Waals surface area contributed by atoms with Crippen LogP contribution in [0.15, 0.2) is 18.2 Å². The molecule has 2 N–H and O–H groups in total. The van der Waals surface area contributed by atoms with E-state index in [4.69, 9.17) is 10.5 Å². The van der Waals surface area contributed by atoms with Crippen molar-refractivity contribution in [1.82, 2.24) is 0 Å². The summed E-state index contributed by atoms with van der Waals surface area (Å²) in [7, 11) is 0. The molecule has 1 aromatic carbocycles. The van der Waals surface area contributed by atoms with Crippen molar-refractivity contribution in [2.45, 2.75) is 32.2 Å². The second-order valence-electron chi connectivity index (χ2n) is 4.75. The van der Waals surface area contributed by atoms with Gasteiger partial charge in [0.05, 0.1) is 12.1 Å². The molecule has 0 atom stereocenters. The Balaban J connectivity index is 2.26. The lowest BCUT2D eigenvalue weighted by molar-refractivity contribution is 0.288. The third-order valence-electron chi connectivity index (χ3n) is 2.44. The van der Waals surface area contributed by atoms with Gasteiger partial charge in [-0.25, -0.2) is 0 Å². The zero-order valence-electron chi connectivity index (χ0n) is 9.84. The molecule has 1 aromatic rings. The van der Waals surface area contributed by atoms with Gasteiger partial charge >= 0.3 is 0 Å². The van der Waals surface area contributed by atoms with Crippen LogP contribution in [0.5, 0.6) is 5.75 Å². The Morgan fingerprint density at radius 1 is 1.38 bits per heavy atom. The van der Waals surface area contributed by atoms with Gasteiger partial charge in [-0.3, -0.25) is 0 Å². The van der Waals surface area contributed by atoms with E-state index < -0.39 is 5.54 Å². The molecule has 0 aliphatic carbocycles. The van der Waals surface area contributed by atoms with Crippen molar-refractivity contribution in [2.24, 2.45) is 5.73 Å². The molecule has 0 saturated heterocycles. The van der Waals surface area contributed by atoms with E-state index in [1.54, 1.807) is 0 Å². The fourth-order valence-electron chi connectivity index (χ4n) is 1.67. The van der Waals surface area contributed by atoms with Crippen LogP contribution < -0.4 is 10.5 Å². The summed E-state index contributed by atoms with van der Waals surface area (Å²) >= 11 is 0. The van der Waals surface area contributed by atoms with Gasteiger partial charge in [0.1, 0.15) is 5.75 Å². The number of ether oxygens (including phenoxy) is 1. The van der Waals surface area contributed by atoms with Gasteiger partial charge in [0.2, 0.25) is 0 Å². The normalized spacial score (nSPS) is 14.4. The van der Waals surface area contributed by atoms with Gasteiger partial charge in [-0.15, -0.1) is 0 Å². The Labute approximate surface area is 96.8 Å². The molecule has 1 aliphatic heterocycles. The van der Waals surface area contributed by atoms with E-state index in [0.29, 0.717) is 0 Å². The largest absolute Gasteiger partial charge is 0.493 e. The van der Waals surface area contributed by atoms with Crippen molar-refractivity contribution in [3.63, 3.8) is 0 Å². The smallest absolute Gasteiger partial charge is 0.122 e. The van der Waals surface area contributed by atoms with E-state index in [-0.39, 0.29) is 0 Å². The standard InChI is InChI=1S/C14H17NO/c1-14(2,15)8-7-11-5-6-13-12(10-11)4-3-9-16-13/h5-6,10H,3-4,9,15H2,1-2H3. The highest BCUT2D eigenvalue weighted by Gasteiger charge is 2.10. The molecule has 0 radical (unpaired) electrons. The number of benzene rings is 1. The van der Waals surface area contributed by atoms with Crippen LogP contribution in [-0.4, -0.2) is 12.1 Å². The van der Waals surface area contributed by atoms with Gasteiger partial charge in [-0.2, -0.15) is 0 Å². The van der Waals surface area contributed by atoms with Gasteiger partial charge in [0.25, 0.3) is 0 Å². The zero-order valence-corrected chi connectivity index (χ0v) is 9.84. The summed E-state index contributed by atoms with van der Waals surface area (Å²) < 4.78 is 5.55. The van der Waals surface area contributed by atoms with E-state index >= 15 is 0 Å². The molecule has 2 rings (SSSR count). The van der Waals surface area contributed by atoms with Gasteiger partial charge in [0.15, 0.2) is 0 Å². The van der Waals surface area contributed by atoms with Crippen molar-refractivity contribution in [3.8, 4) is 17.6 Å². The highest BCUT2D eigenvalue weighted by atomic mass is 16.5. The molecule has 0 bridgehead atoms. The van der Waals surface area contributed by atoms with Gasteiger partial charge in [0, 0.05) is 5.56 Å². The first-order chi connectivity index (χ1) is 7.54. The topological polar surface area (TPSA) is 35.2 Å². The minimum atomic E-state index is -0.438. The van der Waals surface area contributed by atoms with Crippen molar-refractivity contribution in [3.05, 3.63) is 29.3 Å². The molecule has 0 aromatic heterocycles. The fourth-order valence-corrected chi connectivity index (χ4v) is 1.67. The lowest BCUT2D eigenvalue weighted by atomic mass is 10.0. The number of nitrogens with two attached hydrogens (primary N) is 1. The second kappa shape index (κ2) is 4.19. The third kappa shape index (κ3) is 2.77. The Morgan fingerprint density at radius 3 is 2.94 bits per heavy atom. The van der Waals surface area contributed by atoms with Gasteiger partial charge in [-0.1, -0.05) is 11.8 Å². The molecular weight excluding hydrogens is 198 g/mol. The van der Waals surface area contributed by atoms with Crippen molar-refractivity contribution in [2.75, 3.05) is 6.61 Å². The predicted octanol–water partition coefficient (Wildman–Crippen LogP) is 2.10. The summed E-state index contributed by atoms with van der Waals surface area (Å²) in [5, 5.41) is 0. The molecule has 2 heteroatoms. The lowest BCUT2D eigenvalue weighted by Gasteiger charge is -2.16. The maximum atomic E-state index is 5.82. The third-order valence-corrected chi connectivity index (χ3v) is 2.44. The van der Waals surface area contributed by atoms with Crippen LogP contribution in [0.25, 0.3) is 0 Å². The number of aryl methyl sites for hydroxylation is 1. The minimum absolute atomic E-state index is 0.438. The van der Waals surface area contributed by atoms with Crippen molar-refractivity contribution >= 4 is 0 Å². The van der Waals surface area contributed by atoms with Gasteiger partial charge in [-0.05, 0) is 50.5 Å². The molecule has 16 heavy (non-hydrogen) atoms. The Bertz CT molecular complexity index is 446. The number of fused-ring (bicyclic) bond motifs is 1. The monoisotopic (exact) mass is 215 g/mol. The quantitative estimate of drug-likeness (QED) is 0.673. The second-order valence-corrected chi connectivity index (χ2v) is 4.75. The Morgan fingerprint density at radius 2 is 2.19 bits per heavy atom. The first kappa shape index (κ1) is 11.0. The molecule has 1 heterocycles. The average molecular weight is 215 g/mol. The molecule has 2 nitrogen and oxygen atoms in total. The molecule has 0 fully saturated rings. The van der Waals surface area contributed by atoms with Crippen LogP contribution in [-0.2, 0) is 6.42 Å². The van der Waals surface area contributed by atoms with Crippen LogP contribution in [0, 0.1) is 11.8 Å². The Hall–Kier alpha value is -1.46. The van der Waals surface area contributed by atoms with E-state index in [1.165, 1.54) is 5.56 Å². The maximum absolute atomic E-state index is 5.82. The minimum Gasteiger partial charge on any atom is -0.493 e. The molecule has 0 unspecified atom stereocenters. The molecule has 1 aliphatic rings. The summed E-state index contributed by atoms with van der Waals surface area (Å²) in [5.74, 6) is 7.14. The van der Waals surface area contributed by atoms with Crippen LogP contribution in [0.1, 0.15) is 31.4 Å². The molecule has 84 valence electrons. The highest BCUT2D eigenvalue weighted by molar-refractivity contribution is 5.45. The summed E-state index contributed by atoms with van der Waals surface area (Å²) in [6.45, 7) is 4.64. The average Bonchev–Trinajstić information content (AvgIpc) is 2.25. The van der Waals surface area contributed by atoms with Crippen molar-refractivity contribution in [1.29, 1.82) is 0 Å². The first-order valence-electron chi connectivity index (χ1n) is 5.62. The number of hydrogen-bond donors (Lipinski definition) is 1. The first-order valence-corrected chi connectivity index (χ1v) is 5.62. The number of rotatable bonds is 0.